The number of rotatable bonds is 2. The molecule has 114 valence electrons. The van der Waals surface area contributed by atoms with Crippen LogP contribution in [-0.4, -0.2) is 35.0 Å². The lowest BCUT2D eigenvalue weighted by atomic mass is 9.83. The van der Waals surface area contributed by atoms with Crippen molar-refractivity contribution in [1.29, 1.82) is 0 Å². The number of likely N-dealkylation sites (tertiary alicyclic amines) is 1. The van der Waals surface area contributed by atoms with Gasteiger partial charge >= 0.3 is 5.97 Å². The molecule has 4 nitrogen and oxygen atoms in total. The van der Waals surface area contributed by atoms with E-state index in [1.165, 1.54) is 0 Å². The van der Waals surface area contributed by atoms with Crippen molar-refractivity contribution in [2.24, 2.45) is 11.8 Å². The van der Waals surface area contributed by atoms with Gasteiger partial charge in [-0.1, -0.05) is 45.9 Å². The van der Waals surface area contributed by atoms with Crippen LogP contribution in [0.1, 0.15) is 43.6 Å². The lowest BCUT2D eigenvalue weighted by Gasteiger charge is -2.25. The maximum absolute atomic E-state index is 12.8. The third-order valence-electron chi connectivity index (χ3n) is 4.18. The van der Waals surface area contributed by atoms with Crippen LogP contribution >= 0.6 is 0 Å². The molecule has 0 aliphatic carbocycles. The molecule has 1 saturated heterocycles. The molecule has 1 aromatic carbocycles. The Morgan fingerprint density at radius 2 is 1.81 bits per heavy atom. The van der Waals surface area contributed by atoms with Crippen molar-refractivity contribution in [3.8, 4) is 0 Å². The number of carboxylic acids is 1. The molecule has 1 aliphatic rings. The van der Waals surface area contributed by atoms with Crippen LogP contribution in [0.2, 0.25) is 0 Å². The molecule has 1 N–H and O–H groups in total. The first-order chi connectivity index (χ1) is 9.71. The second kappa shape index (κ2) is 5.51. The van der Waals surface area contributed by atoms with Crippen LogP contribution in [0.3, 0.4) is 0 Å². The minimum absolute atomic E-state index is 0.00625. The highest BCUT2D eigenvalue weighted by Gasteiger charge is 2.38. The molecule has 1 aromatic rings. The minimum atomic E-state index is -0.818. The van der Waals surface area contributed by atoms with E-state index >= 15 is 0 Å². The molecule has 0 bridgehead atoms. The smallest absolute Gasteiger partial charge is 0.308 e. The fourth-order valence-electron chi connectivity index (χ4n) is 2.95. The van der Waals surface area contributed by atoms with E-state index in [0.717, 1.165) is 5.56 Å². The van der Waals surface area contributed by atoms with Gasteiger partial charge in [-0.25, -0.2) is 0 Å². The van der Waals surface area contributed by atoms with Crippen LogP contribution in [0.15, 0.2) is 24.3 Å². The third-order valence-corrected chi connectivity index (χ3v) is 4.18. The van der Waals surface area contributed by atoms with E-state index in [1.54, 1.807) is 4.90 Å². The van der Waals surface area contributed by atoms with Crippen LogP contribution in [0.5, 0.6) is 0 Å². The molecule has 1 amide bonds. The SMILES string of the molecule is CC1CN(C(=O)c2ccccc2C(C)(C)C)CC1C(=O)O. The first kappa shape index (κ1) is 15.5. The van der Waals surface area contributed by atoms with Gasteiger partial charge in [0.15, 0.2) is 0 Å². The second-order valence-electron chi connectivity index (χ2n) is 6.93. The zero-order valence-corrected chi connectivity index (χ0v) is 13.1. The zero-order valence-electron chi connectivity index (χ0n) is 13.1. The normalized spacial score (nSPS) is 22.4. The van der Waals surface area contributed by atoms with Crippen molar-refractivity contribution in [1.82, 2.24) is 4.90 Å². The highest BCUT2D eigenvalue weighted by atomic mass is 16.4. The van der Waals surface area contributed by atoms with Crippen molar-refractivity contribution in [3.05, 3.63) is 35.4 Å². The monoisotopic (exact) mass is 289 g/mol. The van der Waals surface area contributed by atoms with Crippen molar-refractivity contribution in [3.63, 3.8) is 0 Å². The molecule has 1 heterocycles. The first-order valence-corrected chi connectivity index (χ1v) is 7.33. The molecule has 0 saturated carbocycles. The predicted molar refractivity (Wildman–Crippen MR) is 81.3 cm³/mol. The summed E-state index contributed by atoms with van der Waals surface area (Å²) < 4.78 is 0. The van der Waals surface area contributed by atoms with Crippen molar-refractivity contribution in [2.75, 3.05) is 13.1 Å². The largest absolute Gasteiger partial charge is 0.481 e. The fraction of sp³-hybridized carbons (Fsp3) is 0.529. The summed E-state index contributed by atoms with van der Waals surface area (Å²) >= 11 is 0. The summed E-state index contributed by atoms with van der Waals surface area (Å²) in [5.41, 5.74) is 1.56. The molecule has 2 unspecified atom stereocenters. The number of aliphatic carboxylic acids is 1. The highest BCUT2D eigenvalue weighted by molar-refractivity contribution is 5.96. The Bertz CT molecular complexity index is 559. The van der Waals surface area contributed by atoms with E-state index in [0.29, 0.717) is 18.7 Å². The van der Waals surface area contributed by atoms with E-state index in [1.807, 2.05) is 31.2 Å². The molecular weight excluding hydrogens is 266 g/mol. The second-order valence-corrected chi connectivity index (χ2v) is 6.93. The van der Waals surface area contributed by atoms with E-state index in [-0.39, 0.29) is 17.2 Å². The van der Waals surface area contributed by atoms with Crippen molar-refractivity contribution >= 4 is 11.9 Å². The molecule has 21 heavy (non-hydrogen) atoms. The number of amides is 1. The van der Waals surface area contributed by atoms with Crippen LogP contribution in [0.4, 0.5) is 0 Å². The molecule has 0 spiro atoms. The Balaban J connectivity index is 2.29. The molecule has 2 atom stereocenters. The number of carbonyl (C=O) groups is 2. The Labute approximate surface area is 125 Å². The molecule has 4 heteroatoms. The van der Waals surface area contributed by atoms with Gasteiger partial charge in [-0.2, -0.15) is 0 Å². The Morgan fingerprint density at radius 3 is 2.33 bits per heavy atom. The lowest BCUT2D eigenvalue weighted by molar-refractivity contribution is -0.142. The van der Waals surface area contributed by atoms with Crippen molar-refractivity contribution < 1.29 is 14.7 Å². The van der Waals surface area contributed by atoms with E-state index in [4.69, 9.17) is 0 Å². The van der Waals surface area contributed by atoms with Gasteiger partial charge in [0.1, 0.15) is 0 Å². The van der Waals surface area contributed by atoms with Gasteiger partial charge < -0.3 is 10.0 Å². The van der Waals surface area contributed by atoms with E-state index < -0.39 is 11.9 Å². The number of carboxylic acid groups (broad SMARTS) is 1. The molecule has 0 radical (unpaired) electrons. The Morgan fingerprint density at radius 1 is 1.19 bits per heavy atom. The average Bonchev–Trinajstić information content (AvgIpc) is 2.79. The van der Waals surface area contributed by atoms with Gasteiger partial charge in [-0.05, 0) is 23.0 Å². The summed E-state index contributed by atoms with van der Waals surface area (Å²) in [5, 5.41) is 9.20. The number of carbonyl (C=O) groups excluding carboxylic acids is 1. The number of hydrogen-bond acceptors (Lipinski definition) is 2. The lowest BCUT2D eigenvalue weighted by Crippen LogP contribution is -2.32. The maximum atomic E-state index is 12.8. The van der Waals surface area contributed by atoms with Gasteiger partial charge in [0.05, 0.1) is 5.92 Å². The Kier molecular flexibility index (Phi) is 4.08. The van der Waals surface area contributed by atoms with Gasteiger partial charge in [0.2, 0.25) is 0 Å². The highest BCUT2D eigenvalue weighted by Crippen LogP contribution is 2.29. The van der Waals surface area contributed by atoms with Gasteiger partial charge in [-0.3, -0.25) is 9.59 Å². The summed E-state index contributed by atoms with van der Waals surface area (Å²) in [6.07, 6.45) is 0. The summed E-state index contributed by atoms with van der Waals surface area (Å²) in [5.74, 6) is -1.35. The van der Waals surface area contributed by atoms with Crippen LogP contribution in [0.25, 0.3) is 0 Å². The number of nitrogens with zero attached hydrogens (tertiary/aromatic N) is 1. The standard InChI is InChI=1S/C17H23NO3/c1-11-9-18(10-13(11)16(20)21)15(19)12-7-5-6-8-14(12)17(2,3)4/h5-8,11,13H,9-10H2,1-4H3,(H,20,21). The maximum Gasteiger partial charge on any atom is 0.308 e. The van der Waals surface area contributed by atoms with E-state index in [2.05, 4.69) is 20.8 Å². The average molecular weight is 289 g/mol. The first-order valence-electron chi connectivity index (χ1n) is 7.33. The molecule has 2 rings (SSSR count). The van der Waals surface area contributed by atoms with Crippen LogP contribution < -0.4 is 0 Å². The third kappa shape index (κ3) is 3.09. The predicted octanol–water partition coefficient (Wildman–Crippen LogP) is 2.78. The summed E-state index contributed by atoms with van der Waals surface area (Å²) in [7, 11) is 0. The molecule has 1 aliphatic heterocycles. The minimum Gasteiger partial charge on any atom is -0.481 e. The molecule has 0 aromatic heterocycles. The van der Waals surface area contributed by atoms with E-state index in [9.17, 15) is 14.7 Å². The zero-order chi connectivity index (χ0) is 15.8. The summed E-state index contributed by atoms with van der Waals surface area (Å²) in [6, 6.07) is 7.60. The topological polar surface area (TPSA) is 57.6 Å². The fourth-order valence-corrected chi connectivity index (χ4v) is 2.95. The Hall–Kier alpha value is -1.84. The van der Waals surface area contributed by atoms with Gasteiger partial charge in [0.25, 0.3) is 5.91 Å². The number of benzene rings is 1. The van der Waals surface area contributed by atoms with Crippen LogP contribution in [0, 0.1) is 11.8 Å². The summed E-state index contributed by atoms with van der Waals surface area (Å²) in [6.45, 7) is 8.92. The summed E-state index contributed by atoms with van der Waals surface area (Å²) in [4.78, 5) is 25.6. The van der Waals surface area contributed by atoms with Crippen LogP contribution in [-0.2, 0) is 10.2 Å². The van der Waals surface area contributed by atoms with Gasteiger partial charge in [0, 0.05) is 18.7 Å². The van der Waals surface area contributed by atoms with Crippen molar-refractivity contribution in [2.45, 2.75) is 33.1 Å². The molecule has 1 fully saturated rings. The van der Waals surface area contributed by atoms with Gasteiger partial charge in [-0.15, -0.1) is 0 Å². The molecular formula is C17H23NO3. The number of hydrogen-bond donors (Lipinski definition) is 1. The quantitative estimate of drug-likeness (QED) is 0.910.